The molecule has 0 aliphatic carbocycles. The van der Waals surface area contributed by atoms with Crippen molar-refractivity contribution in [2.75, 3.05) is 0 Å². The van der Waals surface area contributed by atoms with Crippen LogP contribution in [0.25, 0.3) is 0 Å². The predicted molar refractivity (Wildman–Crippen MR) is 79.8 cm³/mol. The number of aryl methyl sites for hydroxylation is 2. The quantitative estimate of drug-likeness (QED) is 0.919. The Bertz CT molecular complexity index is 536. The Labute approximate surface area is 122 Å². The van der Waals surface area contributed by atoms with Crippen LogP contribution < -0.4 is 5.32 Å². The summed E-state index contributed by atoms with van der Waals surface area (Å²) in [4.78, 5) is 4.15. The molecule has 1 atom stereocenters. The summed E-state index contributed by atoms with van der Waals surface area (Å²) >= 11 is 3.61. The van der Waals surface area contributed by atoms with Gasteiger partial charge in [0.05, 0.1) is 15.9 Å². The van der Waals surface area contributed by atoms with Crippen LogP contribution in [0.2, 0.25) is 0 Å². The van der Waals surface area contributed by atoms with Gasteiger partial charge in [0.25, 0.3) is 0 Å². The Morgan fingerprint density at radius 1 is 1.47 bits per heavy atom. The molecule has 0 amide bonds. The van der Waals surface area contributed by atoms with E-state index < -0.39 is 0 Å². The first-order valence-corrected chi connectivity index (χ1v) is 7.27. The van der Waals surface area contributed by atoms with Crippen molar-refractivity contribution in [3.63, 3.8) is 0 Å². The maximum atomic E-state index is 4.50. The highest BCUT2D eigenvalue weighted by Crippen LogP contribution is 2.21. The fourth-order valence-corrected chi connectivity index (χ4v) is 2.46. The first kappa shape index (κ1) is 14.2. The Morgan fingerprint density at radius 3 is 2.89 bits per heavy atom. The summed E-state index contributed by atoms with van der Waals surface area (Å²) in [6.45, 7) is 7.93. The zero-order valence-electron chi connectivity index (χ0n) is 11.5. The van der Waals surface area contributed by atoms with E-state index in [-0.39, 0.29) is 6.04 Å². The minimum Gasteiger partial charge on any atom is -0.304 e. The number of hydrogen-bond acceptors (Lipinski definition) is 3. The summed E-state index contributed by atoms with van der Waals surface area (Å²) < 4.78 is 3.13. The largest absolute Gasteiger partial charge is 0.304 e. The molecule has 2 aromatic heterocycles. The molecule has 1 N–H and O–H groups in total. The number of aromatic nitrogens is 3. The molecule has 2 aromatic rings. The zero-order valence-corrected chi connectivity index (χ0v) is 13.1. The summed E-state index contributed by atoms with van der Waals surface area (Å²) in [5.74, 6) is 0. The Kier molecular flexibility index (Phi) is 4.71. The van der Waals surface area contributed by atoms with Gasteiger partial charge >= 0.3 is 0 Å². The van der Waals surface area contributed by atoms with Crippen LogP contribution in [-0.4, -0.2) is 14.8 Å². The SMILES string of the molecule is CCn1nc(C)c(Br)c1CN[C@@H](C)c1cccnc1. The van der Waals surface area contributed by atoms with Gasteiger partial charge in [0.2, 0.25) is 0 Å². The molecule has 0 spiro atoms. The highest BCUT2D eigenvalue weighted by Gasteiger charge is 2.13. The van der Waals surface area contributed by atoms with Gasteiger partial charge in [-0.05, 0) is 48.3 Å². The van der Waals surface area contributed by atoms with Crippen LogP contribution >= 0.6 is 15.9 Å². The van der Waals surface area contributed by atoms with Gasteiger partial charge in [-0.15, -0.1) is 0 Å². The van der Waals surface area contributed by atoms with Crippen LogP contribution in [0.4, 0.5) is 0 Å². The monoisotopic (exact) mass is 322 g/mol. The molecular weight excluding hydrogens is 304 g/mol. The molecule has 2 rings (SSSR count). The molecule has 0 bridgehead atoms. The average Bonchev–Trinajstić information content (AvgIpc) is 2.72. The van der Waals surface area contributed by atoms with Crippen molar-refractivity contribution in [2.24, 2.45) is 0 Å². The third-order valence-corrected chi connectivity index (χ3v) is 4.24. The Hall–Kier alpha value is -1.20. The number of rotatable bonds is 5. The highest BCUT2D eigenvalue weighted by molar-refractivity contribution is 9.10. The molecule has 0 radical (unpaired) electrons. The second kappa shape index (κ2) is 6.30. The van der Waals surface area contributed by atoms with Gasteiger partial charge in [-0.2, -0.15) is 5.10 Å². The summed E-state index contributed by atoms with van der Waals surface area (Å²) in [5, 5.41) is 8.01. The van der Waals surface area contributed by atoms with Gasteiger partial charge in [0.15, 0.2) is 0 Å². The number of pyridine rings is 1. The first-order valence-electron chi connectivity index (χ1n) is 6.48. The maximum Gasteiger partial charge on any atom is 0.0739 e. The second-order valence-electron chi connectivity index (χ2n) is 4.55. The van der Waals surface area contributed by atoms with E-state index in [4.69, 9.17) is 0 Å². The van der Waals surface area contributed by atoms with E-state index in [0.717, 1.165) is 23.3 Å². The number of nitrogens with zero attached hydrogens (tertiary/aromatic N) is 3. The van der Waals surface area contributed by atoms with Crippen molar-refractivity contribution in [2.45, 2.75) is 39.9 Å². The fourth-order valence-electron chi connectivity index (χ4n) is 2.04. The summed E-state index contributed by atoms with van der Waals surface area (Å²) in [5.41, 5.74) is 3.42. The van der Waals surface area contributed by atoms with Gasteiger partial charge in [-0.25, -0.2) is 0 Å². The van der Waals surface area contributed by atoms with Gasteiger partial charge < -0.3 is 5.32 Å². The summed E-state index contributed by atoms with van der Waals surface area (Å²) in [6.07, 6.45) is 3.69. The lowest BCUT2D eigenvalue weighted by Crippen LogP contribution is -2.20. The summed E-state index contributed by atoms with van der Waals surface area (Å²) in [6, 6.07) is 4.31. The fraction of sp³-hybridized carbons (Fsp3) is 0.429. The predicted octanol–water partition coefficient (Wildman–Crippen LogP) is 3.22. The lowest BCUT2D eigenvalue weighted by molar-refractivity contribution is 0.529. The highest BCUT2D eigenvalue weighted by atomic mass is 79.9. The molecule has 2 heterocycles. The van der Waals surface area contributed by atoms with Crippen LogP contribution in [-0.2, 0) is 13.1 Å². The molecule has 0 unspecified atom stereocenters. The van der Waals surface area contributed by atoms with Crippen LogP contribution in [0.1, 0.15) is 36.8 Å². The normalized spacial score (nSPS) is 12.6. The van der Waals surface area contributed by atoms with E-state index in [0.29, 0.717) is 0 Å². The lowest BCUT2D eigenvalue weighted by Gasteiger charge is -2.14. The van der Waals surface area contributed by atoms with E-state index in [1.807, 2.05) is 23.9 Å². The topological polar surface area (TPSA) is 42.7 Å². The van der Waals surface area contributed by atoms with E-state index in [1.165, 1.54) is 11.3 Å². The van der Waals surface area contributed by atoms with E-state index in [1.54, 1.807) is 6.20 Å². The molecule has 5 heteroatoms. The maximum absolute atomic E-state index is 4.50. The Morgan fingerprint density at radius 2 is 2.26 bits per heavy atom. The van der Waals surface area contributed by atoms with Crippen LogP contribution in [0.15, 0.2) is 29.0 Å². The van der Waals surface area contributed by atoms with Crippen molar-refractivity contribution in [3.05, 3.63) is 46.0 Å². The zero-order chi connectivity index (χ0) is 13.8. The molecule has 0 aliphatic heterocycles. The Balaban J connectivity index is 2.07. The van der Waals surface area contributed by atoms with Crippen LogP contribution in [0.5, 0.6) is 0 Å². The standard InChI is InChI=1S/C14H19BrN4/c1-4-19-13(14(15)11(3)18-19)9-17-10(2)12-6-5-7-16-8-12/h5-8,10,17H,4,9H2,1-3H3/t10-/m0/s1. The van der Waals surface area contributed by atoms with Crippen LogP contribution in [0, 0.1) is 6.92 Å². The third kappa shape index (κ3) is 3.22. The van der Waals surface area contributed by atoms with Crippen LogP contribution in [0.3, 0.4) is 0 Å². The van der Waals surface area contributed by atoms with Crippen molar-refractivity contribution in [1.29, 1.82) is 0 Å². The molecule has 0 saturated heterocycles. The smallest absolute Gasteiger partial charge is 0.0739 e. The first-order chi connectivity index (χ1) is 9.13. The number of hydrogen-bond donors (Lipinski definition) is 1. The van der Waals surface area contributed by atoms with E-state index in [9.17, 15) is 0 Å². The molecule has 4 nitrogen and oxygen atoms in total. The average molecular weight is 323 g/mol. The van der Waals surface area contributed by atoms with Crippen molar-refractivity contribution in [1.82, 2.24) is 20.1 Å². The van der Waals surface area contributed by atoms with Crippen molar-refractivity contribution in [3.8, 4) is 0 Å². The number of halogens is 1. The minimum atomic E-state index is 0.265. The molecule has 0 aliphatic rings. The van der Waals surface area contributed by atoms with Gasteiger partial charge in [-0.3, -0.25) is 9.67 Å². The second-order valence-corrected chi connectivity index (χ2v) is 5.34. The summed E-state index contributed by atoms with van der Waals surface area (Å²) in [7, 11) is 0. The molecule has 102 valence electrons. The lowest BCUT2D eigenvalue weighted by atomic mass is 10.1. The van der Waals surface area contributed by atoms with E-state index >= 15 is 0 Å². The van der Waals surface area contributed by atoms with Crippen molar-refractivity contribution >= 4 is 15.9 Å². The minimum absolute atomic E-state index is 0.265. The molecule has 0 aromatic carbocycles. The molecular formula is C14H19BrN4. The third-order valence-electron chi connectivity index (χ3n) is 3.21. The molecule has 0 fully saturated rings. The number of nitrogens with one attached hydrogen (secondary N) is 1. The van der Waals surface area contributed by atoms with Gasteiger partial charge in [0, 0.05) is 31.5 Å². The van der Waals surface area contributed by atoms with E-state index in [2.05, 4.69) is 51.2 Å². The molecule has 0 saturated carbocycles. The molecule has 19 heavy (non-hydrogen) atoms. The van der Waals surface area contributed by atoms with Gasteiger partial charge in [-0.1, -0.05) is 6.07 Å². The van der Waals surface area contributed by atoms with Gasteiger partial charge in [0.1, 0.15) is 0 Å². The van der Waals surface area contributed by atoms with Crippen molar-refractivity contribution < 1.29 is 0 Å².